The third-order valence-electron chi connectivity index (χ3n) is 3.42. The van der Waals surface area contributed by atoms with Crippen LogP contribution >= 0.6 is 11.6 Å². The van der Waals surface area contributed by atoms with Crippen molar-refractivity contribution < 1.29 is 9.47 Å². The van der Waals surface area contributed by atoms with E-state index in [0.29, 0.717) is 29.2 Å². The molecule has 2 aromatic carbocycles. The van der Waals surface area contributed by atoms with Gasteiger partial charge in [-0.05, 0) is 36.4 Å². The number of benzene rings is 2. The van der Waals surface area contributed by atoms with Gasteiger partial charge in [0, 0.05) is 10.7 Å². The summed E-state index contributed by atoms with van der Waals surface area (Å²) in [6.07, 6.45) is -0.321. The highest BCUT2D eigenvalue weighted by Crippen LogP contribution is 2.35. The number of hydrogen-bond donors (Lipinski definition) is 2. The van der Waals surface area contributed by atoms with E-state index < -0.39 is 0 Å². The Labute approximate surface area is 137 Å². The average molecular weight is 329 g/mol. The Balaban J connectivity index is 1.49. The Hall–Kier alpha value is -2.73. The van der Waals surface area contributed by atoms with Gasteiger partial charge >= 0.3 is 0 Å². The number of fused-ring (bicyclic) bond motifs is 1. The molecule has 0 saturated carbocycles. The number of nitrogens with one attached hydrogen (secondary N) is 2. The molecular weight excluding hydrogens is 316 g/mol. The number of aromatic nitrogens is 3. The van der Waals surface area contributed by atoms with Gasteiger partial charge in [-0.2, -0.15) is 4.98 Å². The summed E-state index contributed by atoms with van der Waals surface area (Å²) in [7, 11) is 0. The number of nitrogens with zero attached hydrogens (tertiary/aromatic N) is 2. The molecule has 2 N–H and O–H groups in total. The van der Waals surface area contributed by atoms with Gasteiger partial charge < -0.3 is 14.8 Å². The average Bonchev–Trinajstić information content (AvgIpc) is 3.05. The molecule has 1 unspecified atom stereocenters. The van der Waals surface area contributed by atoms with Crippen LogP contribution in [0.2, 0.25) is 5.02 Å². The second-order valence-electron chi connectivity index (χ2n) is 5.04. The van der Waals surface area contributed by atoms with Crippen LogP contribution in [0.3, 0.4) is 0 Å². The first kappa shape index (κ1) is 13.9. The fraction of sp³-hybridized carbons (Fsp3) is 0.125. The lowest BCUT2D eigenvalue weighted by Gasteiger charge is -2.24. The lowest BCUT2D eigenvalue weighted by atomic mass is 10.2. The van der Waals surface area contributed by atoms with E-state index in [-0.39, 0.29) is 6.10 Å². The first-order valence-corrected chi connectivity index (χ1v) is 7.49. The molecule has 1 aromatic heterocycles. The summed E-state index contributed by atoms with van der Waals surface area (Å²) in [6.45, 7) is 0.382. The van der Waals surface area contributed by atoms with Crippen molar-refractivity contribution in [1.82, 2.24) is 15.2 Å². The molecule has 1 aliphatic rings. The summed E-state index contributed by atoms with van der Waals surface area (Å²) >= 11 is 5.87. The van der Waals surface area contributed by atoms with Gasteiger partial charge in [-0.3, -0.25) is 5.10 Å². The standard InChI is InChI=1S/C16H13ClN4O2/c17-10-5-7-11(8-6-10)18-16-19-15(20-21-16)14-9-22-12-3-1-2-4-13(12)23-14/h1-8,14H,9H2,(H2,18,19,20,21). The third kappa shape index (κ3) is 2.93. The van der Waals surface area contributed by atoms with Gasteiger partial charge in [-0.15, -0.1) is 5.10 Å². The van der Waals surface area contributed by atoms with Crippen molar-refractivity contribution in [1.29, 1.82) is 0 Å². The smallest absolute Gasteiger partial charge is 0.246 e. The molecule has 1 aliphatic heterocycles. The summed E-state index contributed by atoms with van der Waals surface area (Å²) in [5.74, 6) is 2.51. The minimum atomic E-state index is -0.321. The van der Waals surface area contributed by atoms with Crippen molar-refractivity contribution in [2.75, 3.05) is 11.9 Å². The number of ether oxygens (including phenoxy) is 2. The zero-order chi connectivity index (χ0) is 15.6. The van der Waals surface area contributed by atoms with E-state index in [4.69, 9.17) is 21.1 Å². The summed E-state index contributed by atoms with van der Waals surface area (Å²) in [5.41, 5.74) is 0.853. The highest BCUT2D eigenvalue weighted by molar-refractivity contribution is 6.30. The molecular formula is C16H13ClN4O2. The molecule has 7 heteroatoms. The SMILES string of the molecule is Clc1ccc(Nc2n[nH]c(C3COc4ccccc4O3)n2)cc1. The highest BCUT2D eigenvalue weighted by Gasteiger charge is 2.25. The van der Waals surface area contributed by atoms with Gasteiger partial charge in [-0.1, -0.05) is 23.7 Å². The maximum absolute atomic E-state index is 5.89. The molecule has 1 atom stereocenters. The van der Waals surface area contributed by atoms with Gasteiger partial charge in [0.15, 0.2) is 23.4 Å². The van der Waals surface area contributed by atoms with E-state index in [1.807, 2.05) is 36.4 Å². The van der Waals surface area contributed by atoms with Crippen LogP contribution in [0.25, 0.3) is 0 Å². The minimum Gasteiger partial charge on any atom is -0.485 e. The van der Waals surface area contributed by atoms with Crippen LogP contribution in [-0.4, -0.2) is 21.8 Å². The monoisotopic (exact) mass is 328 g/mol. The second kappa shape index (κ2) is 5.81. The van der Waals surface area contributed by atoms with Gasteiger partial charge in [0.05, 0.1) is 0 Å². The van der Waals surface area contributed by atoms with Crippen LogP contribution in [0, 0.1) is 0 Å². The summed E-state index contributed by atoms with van der Waals surface area (Å²) in [6, 6.07) is 14.9. The molecule has 23 heavy (non-hydrogen) atoms. The minimum absolute atomic E-state index is 0.321. The fourth-order valence-corrected chi connectivity index (χ4v) is 2.42. The first-order chi connectivity index (χ1) is 11.3. The Kier molecular flexibility index (Phi) is 3.51. The number of anilines is 2. The zero-order valence-corrected chi connectivity index (χ0v) is 12.7. The molecule has 116 valence electrons. The van der Waals surface area contributed by atoms with Gasteiger partial charge in [-0.25, -0.2) is 0 Å². The molecule has 4 rings (SSSR count). The van der Waals surface area contributed by atoms with Gasteiger partial charge in [0.25, 0.3) is 0 Å². The summed E-state index contributed by atoms with van der Waals surface area (Å²) < 4.78 is 11.6. The Morgan fingerprint density at radius 3 is 2.70 bits per heavy atom. The van der Waals surface area contributed by atoms with Crippen molar-refractivity contribution in [2.45, 2.75) is 6.10 Å². The van der Waals surface area contributed by atoms with E-state index >= 15 is 0 Å². The molecule has 6 nitrogen and oxygen atoms in total. The molecule has 0 fully saturated rings. The number of H-pyrrole nitrogens is 1. The predicted octanol–water partition coefficient (Wildman–Crippen LogP) is 3.71. The van der Waals surface area contributed by atoms with Gasteiger partial charge in [0.2, 0.25) is 5.95 Å². The molecule has 3 aromatic rings. The number of halogens is 1. The normalized spacial score (nSPS) is 16.1. The number of para-hydroxylation sites is 2. The lowest BCUT2D eigenvalue weighted by Crippen LogP contribution is -2.22. The van der Waals surface area contributed by atoms with Crippen LogP contribution < -0.4 is 14.8 Å². The van der Waals surface area contributed by atoms with Crippen molar-refractivity contribution in [3.8, 4) is 11.5 Å². The van der Waals surface area contributed by atoms with E-state index in [1.165, 1.54) is 0 Å². The molecule has 2 heterocycles. The second-order valence-corrected chi connectivity index (χ2v) is 5.48. The topological polar surface area (TPSA) is 72.1 Å². The molecule has 0 radical (unpaired) electrons. The van der Waals surface area contributed by atoms with Crippen LogP contribution in [0.15, 0.2) is 48.5 Å². The Bertz CT molecular complexity index is 819. The van der Waals surface area contributed by atoms with E-state index in [9.17, 15) is 0 Å². The highest BCUT2D eigenvalue weighted by atomic mass is 35.5. The zero-order valence-electron chi connectivity index (χ0n) is 12.0. The Morgan fingerprint density at radius 2 is 1.87 bits per heavy atom. The van der Waals surface area contributed by atoms with Crippen molar-refractivity contribution >= 4 is 23.2 Å². The quantitative estimate of drug-likeness (QED) is 0.766. The predicted molar refractivity (Wildman–Crippen MR) is 86.4 cm³/mol. The number of rotatable bonds is 3. The van der Waals surface area contributed by atoms with Crippen LogP contribution in [-0.2, 0) is 0 Å². The van der Waals surface area contributed by atoms with E-state index in [1.54, 1.807) is 12.1 Å². The third-order valence-corrected chi connectivity index (χ3v) is 3.67. The maximum atomic E-state index is 5.89. The van der Waals surface area contributed by atoms with Crippen molar-refractivity contribution in [3.05, 3.63) is 59.4 Å². The maximum Gasteiger partial charge on any atom is 0.246 e. The summed E-state index contributed by atoms with van der Waals surface area (Å²) in [4.78, 5) is 4.41. The molecule has 0 amide bonds. The van der Waals surface area contributed by atoms with E-state index in [0.717, 1.165) is 11.4 Å². The number of aromatic amines is 1. The van der Waals surface area contributed by atoms with Crippen molar-refractivity contribution in [3.63, 3.8) is 0 Å². The fourth-order valence-electron chi connectivity index (χ4n) is 2.29. The Morgan fingerprint density at radius 1 is 1.09 bits per heavy atom. The molecule has 0 saturated heterocycles. The summed E-state index contributed by atoms with van der Waals surface area (Å²) in [5, 5.41) is 10.8. The largest absolute Gasteiger partial charge is 0.485 e. The van der Waals surface area contributed by atoms with Crippen LogP contribution in [0.4, 0.5) is 11.6 Å². The van der Waals surface area contributed by atoms with Crippen molar-refractivity contribution in [2.24, 2.45) is 0 Å². The van der Waals surface area contributed by atoms with Crippen LogP contribution in [0.1, 0.15) is 11.9 Å². The van der Waals surface area contributed by atoms with Gasteiger partial charge in [0.1, 0.15) is 6.61 Å². The first-order valence-electron chi connectivity index (χ1n) is 7.11. The lowest BCUT2D eigenvalue weighted by molar-refractivity contribution is 0.0853. The molecule has 0 spiro atoms. The number of hydrogen-bond acceptors (Lipinski definition) is 5. The van der Waals surface area contributed by atoms with Crippen LogP contribution in [0.5, 0.6) is 11.5 Å². The molecule has 0 aliphatic carbocycles. The molecule has 0 bridgehead atoms. The van der Waals surface area contributed by atoms with E-state index in [2.05, 4.69) is 20.5 Å².